The van der Waals surface area contributed by atoms with E-state index in [1.54, 1.807) is 36.4 Å². The van der Waals surface area contributed by atoms with Crippen LogP contribution in [0.5, 0.6) is 11.5 Å². The molecule has 4 nitrogen and oxygen atoms in total. The second-order valence-corrected chi connectivity index (χ2v) is 4.98. The van der Waals surface area contributed by atoms with Gasteiger partial charge in [-0.15, -0.1) is 0 Å². The Morgan fingerprint density at radius 3 is 2.57 bits per heavy atom. The van der Waals surface area contributed by atoms with Crippen molar-refractivity contribution >= 4 is 22.5 Å². The molecule has 0 spiro atoms. The summed E-state index contributed by atoms with van der Waals surface area (Å²) >= 11 is 6.09. The maximum absolute atomic E-state index is 12.2. The van der Waals surface area contributed by atoms with Gasteiger partial charge in [0.15, 0.2) is 0 Å². The highest BCUT2D eigenvalue weighted by atomic mass is 35.5. The predicted octanol–water partition coefficient (Wildman–Crippen LogP) is 3.56. The highest BCUT2D eigenvalue weighted by Gasteiger charge is 2.15. The van der Waals surface area contributed by atoms with Gasteiger partial charge in [-0.2, -0.15) is 0 Å². The Balaban J connectivity index is 2.37. The minimum atomic E-state index is -0.365. The Bertz CT molecular complexity index is 872. The van der Waals surface area contributed by atoms with Gasteiger partial charge in [0.25, 0.3) is 5.56 Å². The number of aromatic hydroxyl groups is 1. The first-order valence-corrected chi connectivity index (χ1v) is 6.67. The highest BCUT2D eigenvalue weighted by Crippen LogP contribution is 2.36. The molecule has 0 bridgehead atoms. The van der Waals surface area contributed by atoms with Gasteiger partial charge in [-0.05, 0) is 11.6 Å². The van der Waals surface area contributed by atoms with Crippen LogP contribution in [0.15, 0.2) is 47.3 Å². The maximum atomic E-state index is 12.2. The number of aromatic amines is 1. The largest absolute Gasteiger partial charge is 0.506 e. The molecule has 1 heterocycles. The van der Waals surface area contributed by atoms with E-state index < -0.39 is 0 Å². The summed E-state index contributed by atoms with van der Waals surface area (Å²) in [6.07, 6.45) is 0. The number of benzene rings is 2. The van der Waals surface area contributed by atoms with Crippen molar-refractivity contribution in [2.45, 2.75) is 0 Å². The third kappa shape index (κ3) is 2.23. The molecule has 2 aromatic carbocycles. The summed E-state index contributed by atoms with van der Waals surface area (Å²) in [5.41, 5.74) is 0.975. The van der Waals surface area contributed by atoms with Crippen molar-refractivity contribution in [2.24, 2.45) is 0 Å². The number of hydrogen-bond acceptors (Lipinski definition) is 3. The first-order valence-electron chi connectivity index (χ1n) is 6.29. The monoisotopic (exact) mass is 301 g/mol. The third-order valence-electron chi connectivity index (χ3n) is 3.32. The molecule has 0 aliphatic heterocycles. The number of fused-ring (bicyclic) bond motifs is 1. The van der Waals surface area contributed by atoms with Crippen molar-refractivity contribution < 1.29 is 9.84 Å². The second-order valence-electron chi connectivity index (χ2n) is 4.58. The molecule has 0 atom stereocenters. The molecule has 0 aliphatic rings. The van der Waals surface area contributed by atoms with Crippen LogP contribution in [0.3, 0.4) is 0 Å². The fourth-order valence-corrected chi connectivity index (χ4v) is 2.55. The average molecular weight is 302 g/mol. The molecule has 0 fully saturated rings. The van der Waals surface area contributed by atoms with Crippen LogP contribution in [0, 0.1) is 0 Å². The predicted molar refractivity (Wildman–Crippen MR) is 83.2 cm³/mol. The Hall–Kier alpha value is -2.46. The van der Waals surface area contributed by atoms with Crippen LogP contribution in [0.1, 0.15) is 0 Å². The lowest BCUT2D eigenvalue weighted by atomic mass is 10.0. The standard InChI is InChI=1S/C16H12ClNO3/c1-21-13-8-12-10(7-11(13)17)15(19)14(16(20)18-12)9-5-3-2-4-6-9/h2-8H,1H3,(H2,18,19,20). The number of methoxy groups -OCH3 is 1. The zero-order valence-electron chi connectivity index (χ0n) is 11.2. The van der Waals surface area contributed by atoms with Crippen LogP contribution in [0.25, 0.3) is 22.0 Å². The summed E-state index contributed by atoms with van der Waals surface area (Å²) < 4.78 is 5.11. The lowest BCUT2D eigenvalue weighted by Crippen LogP contribution is -2.09. The van der Waals surface area contributed by atoms with Gasteiger partial charge in [-0.3, -0.25) is 4.79 Å². The van der Waals surface area contributed by atoms with Gasteiger partial charge in [0, 0.05) is 11.5 Å². The van der Waals surface area contributed by atoms with Crippen molar-refractivity contribution in [1.29, 1.82) is 0 Å². The molecule has 0 saturated carbocycles. The van der Waals surface area contributed by atoms with Crippen LogP contribution in [-0.4, -0.2) is 17.2 Å². The van der Waals surface area contributed by atoms with E-state index in [9.17, 15) is 9.90 Å². The lowest BCUT2D eigenvalue weighted by Gasteiger charge is -2.10. The molecule has 0 aliphatic carbocycles. The normalized spacial score (nSPS) is 10.8. The highest BCUT2D eigenvalue weighted by molar-refractivity contribution is 6.33. The molecule has 1 aromatic heterocycles. The van der Waals surface area contributed by atoms with Crippen molar-refractivity contribution in [3.8, 4) is 22.6 Å². The molecule has 3 aromatic rings. The molecule has 0 amide bonds. The fraction of sp³-hybridized carbons (Fsp3) is 0.0625. The van der Waals surface area contributed by atoms with E-state index >= 15 is 0 Å². The molecular formula is C16H12ClNO3. The van der Waals surface area contributed by atoms with E-state index in [0.717, 1.165) is 0 Å². The van der Waals surface area contributed by atoms with Gasteiger partial charge in [0.2, 0.25) is 0 Å². The maximum Gasteiger partial charge on any atom is 0.260 e. The quantitative estimate of drug-likeness (QED) is 0.760. The molecule has 21 heavy (non-hydrogen) atoms. The molecule has 5 heteroatoms. The van der Waals surface area contributed by atoms with E-state index in [1.165, 1.54) is 7.11 Å². The number of H-pyrrole nitrogens is 1. The molecule has 106 valence electrons. The first kappa shape index (κ1) is 13.5. The summed E-state index contributed by atoms with van der Waals surface area (Å²) in [6.45, 7) is 0. The van der Waals surface area contributed by atoms with Gasteiger partial charge in [0.1, 0.15) is 11.5 Å². The Labute approximate surface area is 125 Å². The third-order valence-corrected chi connectivity index (χ3v) is 3.62. The van der Waals surface area contributed by atoms with E-state index in [4.69, 9.17) is 16.3 Å². The van der Waals surface area contributed by atoms with Crippen molar-refractivity contribution in [3.05, 3.63) is 57.8 Å². The number of halogens is 1. The molecule has 0 saturated heterocycles. The van der Waals surface area contributed by atoms with Crippen LogP contribution < -0.4 is 10.3 Å². The van der Waals surface area contributed by atoms with E-state index in [0.29, 0.717) is 27.2 Å². The van der Waals surface area contributed by atoms with Crippen molar-refractivity contribution in [3.63, 3.8) is 0 Å². The first-order chi connectivity index (χ1) is 10.1. The van der Waals surface area contributed by atoms with E-state index in [1.807, 2.05) is 6.07 Å². The zero-order chi connectivity index (χ0) is 15.0. The van der Waals surface area contributed by atoms with Crippen molar-refractivity contribution in [1.82, 2.24) is 4.98 Å². The Morgan fingerprint density at radius 1 is 1.19 bits per heavy atom. The molecule has 3 rings (SSSR count). The zero-order valence-corrected chi connectivity index (χ0v) is 11.9. The topological polar surface area (TPSA) is 62.3 Å². The van der Waals surface area contributed by atoms with Gasteiger partial charge >= 0.3 is 0 Å². The summed E-state index contributed by atoms with van der Waals surface area (Å²) in [5.74, 6) is 0.344. The smallest absolute Gasteiger partial charge is 0.260 e. The molecular weight excluding hydrogens is 290 g/mol. The molecule has 0 unspecified atom stereocenters. The van der Waals surface area contributed by atoms with Crippen LogP contribution in [0.2, 0.25) is 5.02 Å². The van der Waals surface area contributed by atoms with Crippen LogP contribution in [-0.2, 0) is 0 Å². The SMILES string of the molecule is COc1cc2[nH]c(=O)c(-c3ccccc3)c(O)c2cc1Cl. The number of rotatable bonds is 2. The number of nitrogens with one attached hydrogen (secondary N) is 1. The average Bonchev–Trinajstić information content (AvgIpc) is 2.49. The number of aromatic nitrogens is 1. The Kier molecular flexibility index (Phi) is 3.31. The van der Waals surface area contributed by atoms with Crippen molar-refractivity contribution in [2.75, 3.05) is 7.11 Å². The van der Waals surface area contributed by atoms with Crippen LogP contribution >= 0.6 is 11.6 Å². The lowest BCUT2D eigenvalue weighted by molar-refractivity contribution is 0.415. The summed E-state index contributed by atoms with van der Waals surface area (Å²) in [4.78, 5) is 15.0. The van der Waals surface area contributed by atoms with E-state index in [2.05, 4.69) is 4.98 Å². The molecule has 0 radical (unpaired) electrons. The summed E-state index contributed by atoms with van der Waals surface area (Å²) in [7, 11) is 1.49. The summed E-state index contributed by atoms with van der Waals surface area (Å²) in [6, 6.07) is 12.2. The fourth-order valence-electron chi connectivity index (χ4n) is 2.31. The van der Waals surface area contributed by atoms with E-state index in [-0.39, 0.29) is 16.9 Å². The molecule has 2 N–H and O–H groups in total. The van der Waals surface area contributed by atoms with Gasteiger partial charge < -0.3 is 14.8 Å². The number of ether oxygens (including phenoxy) is 1. The summed E-state index contributed by atoms with van der Waals surface area (Å²) in [5, 5.41) is 11.3. The minimum Gasteiger partial charge on any atom is -0.506 e. The number of hydrogen-bond donors (Lipinski definition) is 2. The minimum absolute atomic E-state index is 0.0931. The Morgan fingerprint density at radius 2 is 1.90 bits per heavy atom. The van der Waals surface area contributed by atoms with Gasteiger partial charge in [-0.1, -0.05) is 41.9 Å². The van der Waals surface area contributed by atoms with Crippen LogP contribution in [0.4, 0.5) is 0 Å². The number of pyridine rings is 1. The van der Waals surface area contributed by atoms with Gasteiger partial charge in [-0.25, -0.2) is 0 Å². The van der Waals surface area contributed by atoms with Gasteiger partial charge in [0.05, 0.1) is 23.2 Å². The second kappa shape index (κ2) is 5.14.